The van der Waals surface area contributed by atoms with Gasteiger partial charge in [0.25, 0.3) is 0 Å². The van der Waals surface area contributed by atoms with E-state index in [1.807, 2.05) is 32.5 Å². The maximum Gasteiger partial charge on any atom is 0.307 e. The molecular formula is C21H28N4O2S. The number of carboxylic acid groups (broad SMARTS) is 1. The number of carboxylic acids is 1. The van der Waals surface area contributed by atoms with Gasteiger partial charge >= 0.3 is 5.97 Å². The standard InChI is InChI=1S/C21H28N4O2S/c1-13-16(10-17(26)27)19(25-8-6-21(3,4)7-9-25)18(14(2)24-13)15-11-22-20(28-5)23-12-15/h11-12H,6-10H2,1-5H3,(H,26,27). The molecule has 0 radical (unpaired) electrons. The highest BCUT2D eigenvalue weighted by Gasteiger charge is 2.30. The van der Waals surface area contributed by atoms with Gasteiger partial charge in [-0.15, -0.1) is 0 Å². The van der Waals surface area contributed by atoms with Gasteiger partial charge in [-0.1, -0.05) is 25.6 Å². The largest absolute Gasteiger partial charge is 0.481 e. The van der Waals surface area contributed by atoms with Crippen LogP contribution >= 0.6 is 11.8 Å². The van der Waals surface area contributed by atoms with E-state index in [4.69, 9.17) is 0 Å². The molecule has 7 heteroatoms. The number of hydrogen-bond donors (Lipinski definition) is 1. The van der Waals surface area contributed by atoms with E-state index in [-0.39, 0.29) is 6.42 Å². The molecule has 6 nitrogen and oxygen atoms in total. The van der Waals surface area contributed by atoms with Crippen molar-refractivity contribution in [3.05, 3.63) is 29.3 Å². The quantitative estimate of drug-likeness (QED) is 0.597. The first-order valence-electron chi connectivity index (χ1n) is 9.55. The van der Waals surface area contributed by atoms with Crippen LogP contribution in [0.3, 0.4) is 0 Å². The average Bonchev–Trinajstić information content (AvgIpc) is 2.64. The molecule has 0 bridgehead atoms. The summed E-state index contributed by atoms with van der Waals surface area (Å²) in [4.78, 5) is 27.5. The zero-order valence-electron chi connectivity index (χ0n) is 17.2. The third kappa shape index (κ3) is 4.29. The minimum absolute atomic E-state index is 0.0366. The Morgan fingerprint density at radius 2 is 1.79 bits per heavy atom. The molecule has 150 valence electrons. The fourth-order valence-electron chi connectivity index (χ4n) is 3.81. The van der Waals surface area contributed by atoms with Gasteiger partial charge in [0.05, 0.1) is 12.1 Å². The maximum atomic E-state index is 11.6. The molecule has 0 saturated carbocycles. The van der Waals surface area contributed by atoms with Crippen LogP contribution < -0.4 is 4.90 Å². The van der Waals surface area contributed by atoms with E-state index in [9.17, 15) is 9.90 Å². The highest BCUT2D eigenvalue weighted by Crippen LogP contribution is 2.41. The van der Waals surface area contributed by atoms with E-state index < -0.39 is 5.97 Å². The molecule has 2 aromatic heterocycles. The lowest BCUT2D eigenvalue weighted by atomic mass is 9.82. The molecule has 0 spiro atoms. The first-order valence-corrected chi connectivity index (χ1v) is 10.8. The summed E-state index contributed by atoms with van der Waals surface area (Å²) in [5, 5.41) is 10.2. The number of nitrogens with zero attached hydrogens (tertiary/aromatic N) is 4. The van der Waals surface area contributed by atoms with E-state index in [2.05, 4.69) is 33.7 Å². The van der Waals surface area contributed by atoms with Crippen LogP contribution in [0, 0.1) is 19.3 Å². The minimum Gasteiger partial charge on any atom is -0.481 e. The van der Waals surface area contributed by atoms with Crippen LogP contribution in [0.5, 0.6) is 0 Å². The van der Waals surface area contributed by atoms with Crippen molar-refractivity contribution in [2.24, 2.45) is 5.41 Å². The second-order valence-corrected chi connectivity index (χ2v) is 8.94. The third-order valence-corrected chi connectivity index (χ3v) is 6.09. The number of thioether (sulfide) groups is 1. The summed E-state index contributed by atoms with van der Waals surface area (Å²) in [5.41, 5.74) is 5.59. The molecule has 1 saturated heterocycles. The lowest BCUT2D eigenvalue weighted by molar-refractivity contribution is -0.136. The number of aryl methyl sites for hydroxylation is 2. The molecule has 2 aromatic rings. The molecule has 1 aliphatic heterocycles. The summed E-state index contributed by atoms with van der Waals surface area (Å²) in [7, 11) is 0. The molecule has 0 unspecified atom stereocenters. The van der Waals surface area contributed by atoms with E-state index >= 15 is 0 Å². The molecule has 28 heavy (non-hydrogen) atoms. The Bertz CT molecular complexity index is 871. The molecule has 1 fully saturated rings. The predicted octanol–water partition coefficient (Wildman–Crippen LogP) is 4.13. The number of aliphatic carboxylic acids is 1. The Morgan fingerprint density at radius 3 is 2.32 bits per heavy atom. The van der Waals surface area contributed by atoms with Gasteiger partial charge in [0.15, 0.2) is 5.16 Å². The van der Waals surface area contributed by atoms with Gasteiger partial charge in [-0.05, 0) is 38.4 Å². The fourth-order valence-corrected chi connectivity index (χ4v) is 4.13. The Hall–Kier alpha value is -2.15. The van der Waals surface area contributed by atoms with Crippen LogP contribution in [0.2, 0.25) is 0 Å². The molecular weight excluding hydrogens is 372 g/mol. The number of pyridine rings is 1. The highest BCUT2D eigenvalue weighted by atomic mass is 32.2. The van der Waals surface area contributed by atoms with Gasteiger partial charge < -0.3 is 10.0 Å². The van der Waals surface area contributed by atoms with Crippen molar-refractivity contribution in [3.8, 4) is 11.1 Å². The first kappa shape index (κ1) is 20.6. The summed E-state index contributed by atoms with van der Waals surface area (Å²) in [6.07, 6.45) is 7.69. The van der Waals surface area contributed by atoms with Crippen LogP contribution in [0.1, 0.15) is 43.6 Å². The van der Waals surface area contributed by atoms with E-state index in [1.165, 1.54) is 11.8 Å². The van der Waals surface area contributed by atoms with Crippen LogP contribution in [0.4, 0.5) is 5.69 Å². The monoisotopic (exact) mass is 400 g/mol. The summed E-state index contributed by atoms with van der Waals surface area (Å²) in [6.45, 7) is 10.3. The zero-order chi connectivity index (χ0) is 20.5. The van der Waals surface area contributed by atoms with Crippen molar-refractivity contribution in [1.29, 1.82) is 0 Å². The van der Waals surface area contributed by atoms with Gasteiger partial charge in [0.1, 0.15) is 0 Å². The fraction of sp³-hybridized carbons (Fsp3) is 0.524. The third-order valence-electron chi connectivity index (χ3n) is 5.52. The van der Waals surface area contributed by atoms with Crippen molar-refractivity contribution >= 4 is 23.4 Å². The van der Waals surface area contributed by atoms with Crippen LogP contribution in [-0.2, 0) is 11.2 Å². The Kier molecular flexibility index (Phi) is 5.93. The Balaban J connectivity index is 2.17. The lowest BCUT2D eigenvalue weighted by Crippen LogP contribution is -2.38. The smallest absolute Gasteiger partial charge is 0.307 e. The Morgan fingerprint density at radius 1 is 1.18 bits per heavy atom. The topological polar surface area (TPSA) is 79.2 Å². The molecule has 1 aliphatic rings. The molecule has 3 rings (SSSR count). The second kappa shape index (κ2) is 8.07. The van der Waals surface area contributed by atoms with Crippen molar-refractivity contribution in [2.45, 2.75) is 52.1 Å². The predicted molar refractivity (Wildman–Crippen MR) is 113 cm³/mol. The van der Waals surface area contributed by atoms with Gasteiger partial charge in [0.2, 0.25) is 0 Å². The number of anilines is 1. The molecule has 0 aliphatic carbocycles. The van der Waals surface area contributed by atoms with Crippen molar-refractivity contribution in [2.75, 3.05) is 24.2 Å². The number of carbonyl (C=O) groups is 1. The van der Waals surface area contributed by atoms with E-state index in [1.54, 1.807) is 0 Å². The van der Waals surface area contributed by atoms with Crippen LogP contribution in [-0.4, -0.2) is 45.4 Å². The van der Waals surface area contributed by atoms with Gasteiger partial charge in [0, 0.05) is 53.6 Å². The van der Waals surface area contributed by atoms with Gasteiger partial charge in [-0.25, -0.2) is 9.97 Å². The summed E-state index contributed by atoms with van der Waals surface area (Å²) < 4.78 is 0. The normalized spacial score (nSPS) is 16.2. The van der Waals surface area contributed by atoms with E-state index in [0.29, 0.717) is 10.6 Å². The number of hydrogen-bond acceptors (Lipinski definition) is 6. The maximum absolute atomic E-state index is 11.6. The Labute approximate surface area is 170 Å². The lowest BCUT2D eigenvalue weighted by Gasteiger charge is -2.40. The zero-order valence-corrected chi connectivity index (χ0v) is 18.1. The number of rotatable bonds is 5. The van der Waals surface area contributed by atoms with Crippen molar-refractivity contribution in [3.63, 3.8) is 0 Å². The molecule has 3 heterocycles. The average molecular weight is 401 g/mol. The highest BCUT2D eigenvalue weighted by molar-refractivity contribution is 7.98. The molecule has 0 aromatic carbocycles. The summed E-state index contributed by atoms with van der Waals surface area (Å²) in [5.74, 6) is -0.840. The van der Waals surface area contributed by atoms with Crippen molar-refractivity contribution in [1.82, 2.24) is 15.0 Å². The van der Waals surface area contributed by atoms with Gasteiger partial charge in [-0.2, -0.15) is 0 Å². The molecule has 1 N–H and O–H groups in total. The molecule has 0 atom stereocenters. The number of piperidine rings is 1. The number of aromatic nitrogens is 3. The van der Waals surface area contributed by atoms with Crippen LogP contribution in [0.25, 0.3) is 11.1 Å². The summed E-state index contributed by atoms with van der Waals surface area (Å²) >= 11 is 1.50. The second-order valence-electron chi connectivity index (χ2n) is 8.16. The molecule has 0 amide bonds. The van der Waals surface area contributed by atoms with Crippen molar-refractivity contribution < 1.29 is 9.90 Å². The minimum atomic E-state index is -0.840. The van der Waals surface area contributed by atoms with Gasteiger partial charge in [-0.3, -0.25) is 9.78 Å². The van der Waals surface area contributed by atoms with Crippen LogP contribution in [0.15, 0.2) is 17.6 Å². The SMILES string of the molecule is CSc1ncc(-c2c(C)nc(C)c(CC(=O)O)c2N2CCC(C)(C)CC2)cn1. The van der Waals surface area contributed by atoms with E-state index in [0.717, 1.165) is 59.7 Å². The first-order chi connectivity index (χ1) is 13.2. The summed E-state index contributed by atoms with van der Waals surface area (Å²) in [6, 6.07) is 0.